The topological polar surface area (TPSA) is 218 Å². The summed E-state index contributed by atoms with van der Waals surface area (Å²) in [4.78, 5) is 95.2. The van der Waals surface area contributed by atoms with Gasteiger partial charge >= 0.3 is 0 Å². The molecule has 432 valence electrons. The number of likely N-dealkylation sites (tertiary alicyclic amines) is 2. The van der Waals surface area contributed by atoms with E-state index in [1.165, 1.54) is 15.9 Å². The van der Waals surface area contributed by atoms with Crippen LogP contribution < -0.4 is 5.32 Å². The Bertz CT molecular complexity index is 3220. The minimum Gasteiger partial charge on any atom is -0.377 e. The fourth-order valence-corrected chi connectivity index (χ4v) is 10.2. The maximum atomic E-state index is 13.7. The molecule has 0 spiro atoms. The van der Waals surface area contributed by atoms with Crippen LogP contribution in [-0.2, 0) is 57.6 Å². The number of nitrogens with zero attached hydrogens (tertiary/aromatic N) is 8. The first-order chi connectivity index (χ1) is 40.6. The molecule has 4 saturated heterocycles. The molecule has 84 heavy (non-hydrogen) atoms. The third-order valence-corrected chi connectivity index (χ3v) is 14.3. The van der Waals surface area contributed by atoms with Gasteiger partial charge in [-0.05, 0) is 97.3 Å². The zero-order valence-electron chi connectivity index (χ0n) is 46.6. The molecule has 8 unspecified atom stereocenters. The van der Waals surface area contributed by atoms with Gasteiger partial charge in [0.1, 0.15) is 6.73 Å². The van der Waals surface area contributed by atoms with E-state index < -0.39 is 48.1 Å². The predicted molar refractivity (Wildman–Crippen MR) is 311 cm³/mol. The molecule has 0 aliphatic carbocycles. The van der Waals surface area contributed by atoms with Crippen LogP contribution in [0.5, 0.6) is 0 Å². The van der Waals surface area contributed by atoms with Gasteiger partial charge in [-0.3, -0.25) is 63.7 Å². The zero-order valence-corrected chi connectivity index (χ0v) is 48.3. The molecule has 7 aromatic rings. The van der Waals surface area contributed by atoms with Crippen molar-refractivity contribution in [3.63, 3.8) is 0 Å². The van der Waals surface area contributed by atoms with Gasteiger partial charge in [0.2, 0.25) is 23.6 Å². The van der Waals surface area contributed by atoms with Gasteiger partial charge in [-0.1, -0.05) is 98.3 Å². The Kier molecular flexibility index (Phi) is 22.5. The number of imide groups is 2. The number of rotatable bonds is 20. The Morgan fingerprint density at radius 1 is 0.536 bits per heavy atom. The number of ether oxygens (including phenoxy) is 4. The van der Waals surface area contributed by atoms with Gasteiger partial charge in [0.15, 0.2) is 0 Å². The van der Waals surface area contributed by atoms with Gasteiger partial charge in [-0.15, -0.1) is 6.58 Å². The summed E-state index contributed by atoms with van der Waals surface area (Å²) in [5, 5.41) is 2.71. The number of aryl methyl sites for hydroxylation is 1. The molecule has 10 heterocycles. The Labute approximate surface area is 501 Å². The maximum Gasteiger partial charge on any atom is 0.253 e. The van der Waals surface area contributed by atoms with E-state index in [4.69, 9.17) is 18.9 Å². The van der Waals surface area contributed by atoms with Gasteiger partial charge in [-0.2, -0.15) is 0 Å². The average Bonchev–Trinajstić information content (AvgIpc) is 2.18. The Morgan fingerprint density at radius 2 is 0.988 bits per heavy atom. The zero-order chi connectivity index (χ0) is 57.9. The summed E-state index contributed by atoms with van der Waals surface area (Å²) < 4.78 is 23.7. The van der Waals surface area contributed by atoms with E-state index in [2.05, 4.69) is 41.8 Å². The molecule has 18 nitrogen and oxygen atoms in total. The molecule has 19 heteroatoms. The summed E-state index contributed by atoms with van der Waals surface area (Å²) in [6, 6.07) is 39.9. The molecule has 4 fully saturated rings. The number of fused-ring (bicyclic) bond motifs is 2. The van der Waals surface area contributed by atoms with Crippen LogP contribution in [0, 0.1) is 30.6 Å². The minimum atomic E-state index is -0.800. The third-order valence-electron chi connectivity index (χ3n) is 14.3. The summed E-state index contributed by atoms with van der Waals surface area (Å²) >= 11 is 0. The summed E-state index contributed by atoms with van der Waals surface area (Å²) in [6.45, 7) is 8.57. The number of hydrogen-bond donors (Lipinski definition) is 1. The first kappa shape index (κ1) is 61.6. The van der Waals surface area contributed by atoms with E-state index in [0.29, 0.717) is 29.9 Å². The van der Waals surface area contributed by atoms with Gasteiger partial charge in [0.05, 0.1) is 109 Å². The van der Waals surface area contributed by atoms with Crippen LogP contribution in [0.25, 0.3) is 40.2 Å². The summed E-state index contributed by atoms with van der Waals surface area (Å²) in [6.07, 6.45) is 17.7. The van der Waals surface area contributed by atoms with E-state index in [9.17, 15) is 24.0 Å². The normalized spacial score (nSPS) is 21.3. The SMILES string of the molecule is C=CC1OC(/C=C\C2OC(/C=C\c3ccccc3)C3C(=O)N(CCCC)C(=O)C23)C2C(=O)N(CCOCCOCNC(=O)c3ccnc(-c4cc(C)ccn4)c3)C(=O)C12.[Ru].c1ccc(-c2ccccn2)nc1.c1ccc(-c2ccccn2)nc1. The second-order valence-corrected chi connectivity index (χ2v) is 19.8. The second-order valence-electron chi connectivity index (χ2n) is 19.8. The predicted octanol–water partition coefficient (Wildman–Crippen LogP) is 8.45. The fraction of sp³-hybridized carbons (Fsp3) is 0.277. The largest absolute Gasteiger partial charge is 0.377 e. The Hall–Kier alpha value is -8.45. The molecule has 0 bridgehead atoms. The van der Waals surface area contributed by atoms with Crippen molar-refractivity contribution >= 4 is 35.6 Å². The molecular formula is C65H65N9O9Ru. The molecule has 4 aliphatic heterocycles. The summed E-state index contributed by atoms with van der Waals surface area (Å²) in [7, 11) is 0. The van der Waals surface area contributed by atoms with Crippen molar-refractivity contribution in [2.24, 2.45) is 23.7 Å². The van der Waals surface area contributed by atoms with Crippen LogP contribution in [0.2, 0.25) is 0 Å². The van der Waals surface area contributed by atoms with E-state index >= 15 is 0 Å². The molecule has 4 aliphatic rings. The van der Waals surface area contributed by atoms with Gasteiger partial charge in [0.25, 0.3) is 5.91 Å². The van der Waals surface area contributed by atoms with Crippen molar-refractivity contribution < 1.29 is 62.4 Å². The average molecular weight is 1220 g/mol. The number of pyridine rings is 6. The number of carbonyl (C=O) groups is 5. The van der Waals surface area contributed by atoms with Crippen LogP contribution in [0.3, 0.4) is 0 Å². The Balaban J connectivity index is 0.000000299. The van der Waals surface area contributed by atoms with E-state index in [0.717, 1.165) is 40.3 Å². The second kappa shape index (κ2) is 30.7. The standard InChI is InChI=1S/C45H49N5O9.2C10H8N2.Ru/c1-4-6-20-49-43(53)39-34(13-12-29-10-8-7-9-11-29)59-36(40(39)44(49)54)15-14-35-38-37(33(5-2)58-35)42(52)50(45(38)55)21-22-56-23-24-57-27-48-41(51)30-17-19-47-32(26-30)31-25-28(3)16-18-46-31;2*1-3-7-11-9(5-1)10-6-2-4-8-12-10;/h5,7-19,25-26,33-40H,2,4,6,20-24,27H2,1,3H3,(H,48,51);2*1-8H;/b13-12-,15-14-;;;. The summed E-state index contributed by atoms with van der Waals surface area (Å²) in [5.41, 5.74) is 7.30. The fourth-order valence-electron chi connectivity index (χ4n) is 10.2. The van der Waals surface area contributed by atoms with Crippen molar-refractivity contribution in [3.8, 4) is 34.2 Å². The van der Waals surface area contributed by atoms with Crippen LogP contribution in [0.15, 0.2) is 195 Å². The first-order valence-electron chi connectivity index (χ1n) is 27.7. The molecule has 1 aromatic carbocycles. The van der Waals surface area contributed by atoms with Crippen LogP contribution in [0.4, 0.5) is 0 Å². The first-order valence-corrected chi connectivity index (χ1v) is 27.7. The van der Waals surface area contributed by atoms with Crippen molar-refractivity contribution in [3.05, 3.63) is 212 Å². The molecule has 5 amide bonds. The number of carbonyl (C=O) groups excluding carboxylic acids is 5. The molecule has 1 N–H and O–H groups in total. The molecule has 11 rings (SSSR count). The molecule has 6 aromatic heterocycles. The minimum absolute atomic E-state index is 0. The maximum absolute atomic E-state index is 13.7. The Morgan fingerprint density at radius 3 is 1.49 bits per heavy atom. The molecule has 8 atom stereocenters. The van der Waals surface area contributed by atoms with Crippen molar-refractivity contribution in [1.29, 1.82) is 0 Å². The monoisotopic (exact) mass is 1220 g/mol. The number of aromatic nitrogens is 6. The van der Waals surface area contributed by atoms with E-state index in [-0.39, 0.29) is 82.1 Å². The van der Waals surface area contributed by atoms with Crippen molar-refractivity contribution in [2.45, 2.75) is 51.1 Å². The molecular weight excluding hydrogens is 1150 g/mol. The number of amides is 5. The van der Waals surface area contributed by atoms with Gasteiger partial charge in [-0.25, -0.2) is 0 Å². The van der Waals surface area contributed by atoms with Crippen molar-refractivity contribution in [2.75, 3.05) is 39.6 Å². The summed E-state index contributed by atoms with van der Waals surface area (Å²) in [5.74, 6) is -4.55. The van der Waals surface area contributed by atoms with E-state index in [1.54, 1.807) is 61.5 Å². The number of unbranched alkanes of at least 4 members (excludes halogenated alkanes) is 1. The third kappa shape index (κ3) is 15.4. The quantitative estimate of drug-likeness (QED) is 0.0249. The van der Waals surface area contributed by atoms with Gasteiger partial charge in [0, 0.05) is 68.8 Å². The van der Waals surface area contributed by atoms with E-state index in [1.807, 2.05) is 141 Å². The number of nitrogens with one attached hydrogen (secondary N) is 1. The van der Waals surface area contributed by atoms with Crippen LogP contribution >= 0.6 is 0 Å². The smallest absolute Gasteiger partial charge is 0.253 e. The van der Waals surface area contributed by atoms with Crippen molar-refractivity contribution in [1.82, 2.24) is 45.0 Å². The molecule has 0 radical (unpaired) electrons. The number of benzene rings is 1. The van der Waals surface area contributed by atoms with Gasteiger partial charge < -0.3 is 24.3 Å². The van der Waals surface area contributed by atoms with Crippen LogP contribution in [0.1, 0.15) is 41.3 Å². The number of hydrogen-bond acceptors (Lipinski definition) is 15. The van der Waals surface area contributed by atoms with Crippen LogP contribution in [-0.4, -0.2) is 133 Å². The molecule has 0 saturated carbocycles.